The maximum atomic E-state index is 3.50. The summed E-state index contributed by atoms with van der Waals surface area (Å²) >= 11 is 0. The van der Waals surface area contributed by atoms with Gasteiger partial charge in [-0.2, -0.15) is 0 Å². The van der Waals surface area contributed by atoms with Crippen molar-refractivity contribution in [1.29, 1.82) is 0 Å². The van der Waals surface area contributed by atoms with E-state index in [1.165, 1.54) is 34.4 Å². The zero-order valence-corrected chi connectivity index (χ0v) is 13.6. The number of anilines is 1. The Morgan fingerprint density at radius 1 is 1.00 bits per heavy atom. The highest BCUT2D eigenvalue weighted by Crippen LogP contribution is 2.27. The highest BCUT2D eigenvalue weighted by atomic mass is 15.1. The summed E-state index contributed by atoms with van der Waals surface area (Å²) in [6, 6.07) is 15.5. The van der Waals surface area contributed by atoms with E-state index in [9.17, 15) is 0 Å². The molecular weight excluding hydrogens is 256 g/mol. The van der Waals surface area contributed by atoms with E-state index >= 15 is 0 Å². The van der Waals surface area contributed by atoms with Crippen LogP contribution in [0.1, 0.15) is 24.5 Å². The monoisotopic (exact) mass is 282 g/mol. The third kappa shape index (κ3) is 4.08. The second-order valence-electron chi connectivity index (χ2n) is 5.78. The lowest BCUT2D eigenvalue weighted by Crippen LogP contribution is -2.14. The molecule has 2 aromatic carbocycles. The summed E-state index contributed by atoms with van der Waals surface area (Å²) in [5.41, 5.74) is 6.53. The van der Waals surface area contributed by atoms with Crippen LogP contribution in [-0.2, 0) is 6.54 Å². The first kappa shape index (κ1) is 15.6. The lowest BCUT2D eigenvalue weighted by molar-refractivity contribution is 0.676. The van der Waals surface area contributed by atoms with Gasteiger partial charge >= 0.3 is 0 Å². The fourth-order valence-corrected chi connectivity index (χ4v) is 2.45. The third-order valence-electron chi connectivity index (χ3n) is 3.70. The van der Waals surface area contributed by atoms with E-state index in [1.807, 2.05) is 0 Å². The predicted molar refractivity (Wildman–Crippen MR) is 92.9 cm³/mol. The zero-order valence-electron chi connectivity index (χ0n) is 13.6. The average molecular weight is 282 g/mol. The van der Waals surface area contributed by atoms with Gasteiger partial charge in [0.2, 0.25) is 0 Å². The van der Waals surface area contributed by atoms with Gasteiger partial charge in [0.25, 0.3) is 0 Å². The van der Waals surface area contributed by atoms with Gasteiger partial charge < -0.3 is 10.2 Å². The summed E-state index contributed by atoms with van der Waals surface area (Å²) < 4.78 is 0. The van der Waals surface area contributed by atoms with Crippen molar-refractivity contribution in [2.75, 3.05) is 25.5 Å². The molecule has 0 saturated carbocycles. The number of aryl methyl sites for hydroxylation is 1. The van der Waals surface area contributed by atoms with Crippen molar-refractivity contribution in [2.24, 2.45) is 0 Å². The van der Waals surface area contributed by atoms with E-state index in [-0.39, 0.29) is 0 Å². The molecule has 0 radical (unpaired) electrons. The Morgan fingerprint density at radius 3 is 2.33 bits per heavy atom. The number of hydrogen-bond acceptors (Lipinski definition) is 2. The summed E-state index contributed by atoms with van der Waals surface area (Å²) in [5.74, 6) is 0. The lowest BCUT2D eigenvalue weighted by atomic mass is 9.97. The van der Waals surface area contributed by atoms with Gasteiger partial charge in [-0.25, -0.2) is 0 Å². The largest absolute Gasteiger partial charge is 0.378 e. The van der Waals surface area contributed by atoms with Crippen LogP contribution in [-0.4, -0.2) is 20.6 Å². The van der Waals surface area contributed by atoms with Crippen molar-refractivity contribution < 1.29 is 0 Å². The molecule has 2 aromatic rings. The van der Waals surface area contributed by atoms with Gasteiger partial charge in [-0.3, -0.25) is 0 Å². The van der Waals surface area contributed by atoms with Gasteiger partial charge in [-0.15, -0.1) is 0 Å². The minimum atomic E-state index is 0.929. The van der Waals surface area contributed by atoms with E-state index in [0.717, 1.165) is 13.1 Å². The molecule has 0 aliphatic carbocycles. The van der Waals surface area contributed by atoms with Crippen LogP contribution >= 0.6 is 0 Å². The second kappa shape index (κ2) is 7.28. The van der Waals surface area contributed by atoms with Crippen molar-refractivity contribution >= 4 is 5.69 Å². The summed E-state index contributed by atoms with van der Waals surface area (Å²) in [6.07, 6.45) is 1.17. The molecule has 21 heavy (non-hydrogen) atoms. The minimum Gasteiger partial charge on any atom is -0.378 e. The molecular formula is C19H26N2. The van der Waals surface area contributed by atoms with E-state index in [1.54, 1.807) is 0 Å². The molecule has 0 aliphatic heterocycles. The molecule has 0 bridgehead atoms. The minimum absolute atomic E-state index is 0.929. The van der Waals surface area contributed by atoms with Crippen molar-refractivity contribution in [3.63, 3.8) is 0 Å². The molecule has 0 saturated heterocycles. The van der Waals surface area contributed by atoms with Crippen LogP contribution in [0.15, 0.2) is 42.5 Å². The van der Waals surface area contributed by atoms with Gasteiger partial charge in [0.1, 0.15) is 0 Å². The Labute approximate surface area is 128 Å². The van der Waals surface area contributed by atoms with Crippen molar-refractivity contribution in [3.8, 4) is 11.1 Å². The Kier molecular flexibility index (Phi) is 5.40. The molecule has 0 heterocycles. The molecule has 0 aliphatic rings. The maximum absolute atomic E-state index is 3.50. The molecule has 0 atom stereocenters. The van der Waals surface area contributed by atoms with Gasteiger partial charge in [0.05, 0.1) is 0 Å². The Hall–Kier alpha value is -1.80. The summed E-state index contributed by atoms with van der Waals surface area (Å²) in [7, 11) is 4.14. The Morgan fingerprint density at radius 2 is 1.71 bits per heavy atom. The summed E-state index contributed by atoms with van der Waals surface area (Å²) in [6.45, 7) is 6.34. The Balaban J connectivity index is 2.30. The number of nitrogens with one attached hydrogen (secondary N) is 1. The SMILES string of the molecule is CCCNCc1ccc(C)cc1-c1ccc(N(C)C)cc1. The van der Waals surface area contributed by atoms with Crippen molar-refractivity contribution in [2.45, 2.75) is 26.8 Å². The van der Waals surface area contributed by atoms with Crippen LogP contribution in [0.3, 0.4) is 0 Å². The highest BCUT2D eigenvalue weighted by molar-refractivity contribution is 5.70. The molecule has 2 nitrogen and oxygen atoms in total. The second-order valence-corrected chi connectivity index (χ2v) is 5.78. The number of rotatable bonds is 6. The van der Waals surface area contributed by atoms with E-state index in [2.05, 4.69) is 80.6 Å². The molecule has 112 valence electrons. The average Bonchev–Trinajstić information content (AvgIpc) is 2.49. The molecule has 2 rings (SSSR count). The van der Waals surface area contributed by atoms with Gasteiger partial charge in [-0.05, 0) is 48.7 Å². The molecule has 2 heteroatoms. The van der Waals surface area contributed by atoms with Crippen LogP contribution in [0.4, 0.5) is 5.69 Å². The van der Waals surface area contributed by atoms with Crippen LogP contribution in [0.5, 0.6) is 0 Å². The molecule has 0 fully saturated rings. The van der Waals surface area contributed by atoms with E-state index in [0.29, 0.717) is 0 Å². The third-order valence-corrected chi connectivity index (χ3v) is 3.70. The fourth-order valence-electron chi connectivity index (χ4n) is 2.45. The Bertz CT molecular complexity index is 571. The lowest BCUT2D eigenvalue weighted by Gasteiger charge is -2.15. The molecule has 0 unspecified atom stereocenters. The smallest absolute Gasteiger partial charge is 0.0361 e. The molecule has 1 N–H and O–H groups in total. The predicted octanol–water partition coefficient (Wildman–Crippen LogP) is 4.23. The highest BCUT2D eigenvalue weighted by Gasteiger charge is 2.06. The maximum Gasteiger partial charge on any atom is 0.0361 e. The van der Waals surface area contributed by atoms with Crippen LogP contribution < -0.4 is 10.2 Å². The fraction of sp³-hybridized carbons (Fsp3) is 0.368. The van der Waals surface area contributed by atoms with Crippen molar-refractivity contribution in [1.82, 2.24) is 5.32 Å². The molecule has 0 aromatic heterocycles. The van der Waals surface area contributed by atoms with Crippen molar-refractivity contribution in [3.05, 3.63) is 53.6 Å². The van der Waals surface area contributed by atoms with E-state index in [4.69, 9.17) is 0 Å². The standard InChI is InChI=1S/C19H26N2/c1-5-12-20-14-17-7-6-15(2)13-19(17)16-8-10-18(11-9-16)21(3)4/h6-11,13,20H,5,12,14H2,1-4H3. The van der Waals surface area contributed by atoms with E-state index < -0.39 is 0 Å². The number of nitrogens with zero attached hydrogens (tertiary/aromatic N) is 1. The first-order chi connectivity index (χ1) is 10.1. The number of benzene rings is 2. The van der Waals surface area contributed by atoms with Gasteiger partial charge in [0, 0.05) is 26.3 Å². The summed E-state index contributed by atoms with van der Waals surface area (Å²) in [4.78, 5) is 2.13. The number of hydrogen-bond donors (Lipinski definition) is 1. The molecule has 0 amide bonds. The molecule has 0 spiro atoms. The van der Waals surface area contributed by atoms with Gasteiger partial charge in [-0.1, -0.05) is 42.8 Å². The van der Waals surface area contributed by atoms with Crippen LogP contribution in [0, 0.1) is 6.92 Å². The first-order valence-corrected chi connectivity index (χ1v) is 7.70. The quantitative estimate of drug-likeness (QED) is 0.798. The normalized spacial score (nSPS) is 10.7. The zero-order chi connectivity index (χ0) is 15.2. The van der Waals surface area contributed by atoms with Gasteiger partial charge in [0.15, 0.2) is 0 Å². The van der Waals surface area contributed by atoms with Crippen LogP contribution in [0.2, 0.25) is 0 Å². The topological polar surface area (TPSA) is 15.3 Å². The van der Waals surface area contributed by atoms with Crippen LogP contribution in [0.25, 0.3) is 11.1 Å². The first-order valence-electron chi connectivity index (χ1n) is 7.70. The summed E-state index contributed by atoms with van der Waals surface area (Å²) in [5, 5.41) is 3.50.